The van der Waals surface area contributed by atoms with Crippen molar-refractivity contribution in [1.29, 1.82) is 0 Å². The molecular formula is C31H39BrN4O. The van der Waals surface area contributed by atoms with Gasteiger partial charge in [0.25, 0.3) is 5.56 Å². The number of nitrogens with one attached hydrogen (secondary N) is 1. The van der Waals surface area contributed by atoms with Gasteiger partial charge in [-0.3, -0.25) is 9.36 Å². The summed E-state index contributed by atoms with van der Waals surface area (Å²) in [6, 6.07) is 13.3. The number of hydrogen-bond acceptors (Lipinski definition) is 4. The van der Waals surface area contributed by atoms with Crippen LogP contribution in [0.25, 0.3) is 16.6 Å². The largest absolute Gasteiger partial charge is 0.317 e. The van der Waals surface area contributed by atoms with E-state index < -0.39 is 0 Å². The zero-order chi connectivity index (χ0) is 25.6. The Balaban J connectivity index is 1.36. The molecule has 0 amide bonds. The van der Waals surface area contributed by atoms with Crippen molar-refractivity contribution < 1.29 is 0 Å². The molecule has 6 rings (SSSR count). The third-order valence-corrected chi connectivity index (χ3v) is 10.0. The van der Waals surface area contributed by atoms with E-state index in [9.17, 15) is 4.79 Å². The minimum Gasteiger partial charge on any atom is -0.317 e. The van der Waals surface area contributed by atoms with Crippen LogP contribution in [0.5, 0.6) is 0 Å². The predicted molar refractivity (Wildman–Crippen MR) is 155 cm³/mol. The van der Waals surface area contributed by atoms with Gasteiger partial charge in [-0.15, -0.1) is 0 Å². The quantitative estimate of drug-likeness (QED) is 0.392. The van der Waals surface area contributed by atoms with Crippen LogP contribution < -0.4 is 10.9 Å². The minimum absolute atomic E-state index is 0.128. The van der Waals surface area contributed by atoms with Crippen molar-refractivity contribution in [3.8, 4) is 5.69 Å². The summed E-state index contributed by atoms with van der Waals surface area (Å²) >= 11 is 3.63. The standard InChI is InChI=1S/C31H39BrN4O/c1-3-14-31(4-2)24-9-8-23(22-12-17-35(18-13-22)20-21-10-15-33-16-11-21)19-27(24)36-26-7-5-6-25(32)28(26)29(37)34-30(31)36/h5-9,19,21-22,33H,3-4,10-18,20H2,1-2H3. The van der Waals surface area contributed by atoms with E-state index in [0.717, 1.165) is 41.0 Å². The maximum Gasteiger partial charge on any atom is 0.281 e. The van der Waals surface area contributed by atoms with Crippen molar-refractivity contribution in [2.75, 3.05) is 32.7 Å². The fourth-order valence-corrected chi connectivity index (χ4v) is 7.91. The van der Waals surface area contributed by atoms with E-state index in [0.29, 0.717) is 11.3 Å². The zero-order valence-corrected chi connectivity index (χ0v) is 23.8. The molecule has 0 saturated carbocycles. The molecular weight excluding hydrogens is 524 g/mol. The molecule has 196 valence electrons. The summed E-state index contributed by atoms with van der Waals surface area (Å²) < 4.78 is 3.13. The lowest BCUT2D eigenvalue weighted by molar-refractivity contribution is 0.167. The first-order chi connectivity index (χ1) is 18.1. The highest BCUT2D eigenvalue weighted by Gasteiger charge is 2.44. The van der Waals surface area contributed by atoms with Gasteiger partial charge in [0.05, 0.1) is 22.0 Å². The van der Waals surface area contributed by atoms with Crippen LogP contribution in [-0.4, -0.2) is 47.2 Å². The molecule has 2 aromatic carbocycles. The van der Waals surface area contributed by atoms with Crippen LogP contribution in [-0.2, 0) is 5.41 Å². The van der Waals surface area contributed by atoms with Gasteiger partial charge in [0, 0.05) is 11.0 Å². The summed E-state index contributed by atoms with van der Waals surface area (Å²) in [6.07, 6.45) is 8.07. The van der Waals surface area contributed by atoms with Crippen LogP contribution in [0.1, 0.15) is 81.7 Å². The van der Waals surface area contributed by atoms with Gasteiger partial charge in [-0.25, -0.2) is 0 Å². The summed E-state index contributed by atoms with van der Waals surface area (Å²) in [5, 5.41) is 4.18. The predicted octanol–water partition coefficient (Wildman–Crippen LogP) is 6.14. The number of piperidine rings is 2. The van der Waals surface area contributed by atoms with Crippen molar-refractivity contribution in [3.05, 3.63) is 68.2 Å². The highest BCUT2D eigenvalue weighted by atomic mass is 79.9. The van der Waals surface area contributed by atoms with E-state index in [-0.39, 0.29) is 11.0 Å². The van der Waals surface area contributed by atoms with Crippen LogP contribution in [0.2, 0.25) is 0 Å². The van der Waals surface area contributed by atoms with Gasteiger partial charge in [-0.05, 0) is 122 Å². The Morgan fingerprint density at radius 1 is 1.08 bits per heavy atom. The van der Waals surface area contributed by atoms with Crippen molar-refractivity contribution in [2.45, 2.75) is 70.1 Å². The maximum absolute atomic E-state index is 13.2. The van der Waals surface area contributed by atoms with Gasteiger partial charge in [0.2, 0.25) is 0 Å². The molecule has 3 aromatic rings. The molecule has 3 aliphatic rings. The first-order valence-electron chi connectivity index (χ1n) is 14.4. The third-order valence-electron chi connectivity index (χ3n) is 9.39. The fraction of sp³-hybridized carbons (Fsp3) is 0.548. The number of halogens is 1. The SMILES string of the molecule is CCCC1(CC)c2ccc(C3CCN(CC4CCNCC4)CC3)cc2-n2c1nc(=O)c1c(Br)cccc12. The van der Waals surface area contributed by atoms with E-state index in [2.05, 4.69) is 68.8 Å². The number of likely N-dealkylation sites (tertiary alicyclic amines) is 1. The molecule has 4 heterocycles. The number of benzene rings is 2. The van der Waals surface area contributed by atoms with E-state index in [1.54, 1.807) is 0 Å². The average Bonchev–Trinajstić information content (AvgIpc) is 3.19. The van der Waals surface area contributed by atoms with E-state index in [4.69, 9.17) is 4.98 Å². The van der Waals surface area contributed by atoms with E-state index in [1.807, 2.05) is 12.1 Å². The van der Waals surface area contributed by atoms with Gasteiger partial charge in [0.1, 0.15) is 5.82 Å². The minimum atomic E-state index is -0.212. The zero-order valence-electron chi connectivity index (χ0n) is 22.2. The summed E-state index contributed by atoms with van der Waals surface area (Å²) in [6.45, 7) is 10.5. The molecule has 2 saturated heterocycles. The van der Waals surface area contributed by atoms with E-state index in [1.165, 1.54) is 75.2 Å². The summed E-state index contributed by atoms with van der Waals surface area (Å²) in [5.74, 6) is 2.37. The molecule has 6 heteroatoms. The van der Waals surface area contributed by atoms with Gasteiger partial charge in [0.15, 0.2) is 0 Å². The van der Waals surface area contributed by atoms with E-state index >= 15 is 0 Å². The molecule has 5 nitrogen and oxygen atoms in total. The van der Waals surface area contributed by atoms with Crippen molar-refractivity contribution in [3.63, 3.8) is 0 Å². The lowest BCUT2D eigenvalue weighted by Gasteiger charge is -2.36. The van der Waals surface area contributed by atoms with Gasteiger partial charge >= 0.3 is 0 Å². The molecule has 0 radical (unpaired) electrons. The number of rotatable bonds is 6. The number of hydrogen-bond donors (Lipinski definition) is 1. The third kappa shape index (κ3) is 4.29. The van der Waals surface area contributed by atoms with Crippen LogP contribution in [0.3, 0.4) is 0 Å². The molecule has 1 atom stereocenters. The average molecular weight is 564 g/mol. The van der Waals surface area contributed by atoms with Crippen LogP contribution in [0, 0.1) is 5.92 Å². The second-order valence-electron chi connectivity index (χ2n) is 11.4. The fourth-order valence-electron chi connectivity index (χ4n) is 7.38. The molecule has 1 N–H and O–H groups in total. The summed E-state index contributed by atoms with van der Waals surface area (Å²) in [5.41, 5.74) is 4.63. The Labute approximate surface area is 228 Å². The Morgan fingerprint density at radius 3 is 2.59 bits per heavy atom. The lowest BCUT2D eigenvalue weighted by atomic mass is 9.74. The number of nitrogens with zero attached hydrogens (tertiary/aromatic N) is 3. The summed E-state index contributed by atoms with van der Waals surface area (Å²) in [7, 11) is 0. The molecule has 1 aromatic heterocycles. The van der Waals surface area contributed by atoms with Crippen LogP contribution in [0.4, 0.5) is 0 Å². The molecule has 2 fully saturated rings. The first kappa shape index (κ1) is 25.3. The first-order valence-corrected chi connectivity index (χ1v) is 15.1. The molecule has 1 unspecified atom stereocenters. The summed E-state index contributed by atoms with van der Waals surface area (Å²) in [4.78, 5) is 20.7. The van der Waals surface area contributed by atoms with Crippen molar-refractivity contribution >= 4 is 26.8 Å². The molecule has 0 spiro atoms. The van der Waals surface area contributed by atoms with Gasteiger partial charge in [-0.2, -0.15) is 4.98 Å². The Kier molecular flexibility index (Phi) is 7.02. The van der Waals surface area contributed by atoms with Crippen molar-refractivity contribution in [1.82, 2.24) is 19.8 Å². The van der Waals surface area contributed by atoms with Crippen LogP contribution >= 0.6 is 15.9 Å². The van der Waals surface area contributed by atoms with Gasteiger partial charge < -0.3 is 10.2 Å². The second kappa shape index (κ2) is 10.3. The lowest BCUT2D eigenvalue weighted by Crippen LogP contribution is -2.39. The monoisotopic (exact) mass is 562 g/mol. The van der Waals surface area contributed by atoms with Crippen LogP contribution in [0.15, 0.2) is 45.7 Å². The van der Waals surface area contributed by atoms with Gasteiger partial charge in [-0.1, -0.05) is 38.5 Å². The highest BCUT2D eigenvalue weighted by Crippen LogP contribution is 2.49. The Morgan fingerprint density at radius 2 is 1.86 bits per heavy atom. The molecule has 3 aliphatic heterocycles. The molecule has 37 heavy (non-hydrogen) atoms. The maximum atomic E-state index is 13.2. The highest BCUT2D eigenvalue weighted by molar-refractivity contribution is 9.10. The Bertz CT molecular complexity index is 1350. The smallest absolute Gasteiger partial charge is 0.281 e. The topological polar surface area (TPSA) is 50.2 Å². The molecule has 0 aliphatic carbocycles. The number of fused-ring (bicyclic) bond motifs is 5. The molecule has 0 bridgehead atoms. The van der Waals surface area contributed by atoms with Crippen molar-refractivity contribution in [2.24, 2.45) is 5.92 Å². The second-order valence-corrected chi connectivity index (χ2v) is 12.3. The Hall–Kier alpha value is -2.02. The normalized spacial score (nSPS) is 22.9. The number of aromatic nitrogens is 2.